The third kappa shape index (κ3) is 4.05. The van der Waals surface area contributed by atoms with Gasteiger partial charge in [-0.3, -0.25) is 4.79 Å². The van der Waals surface area contributed by atoms with E-state index >= 15 is 0 Å². The first-order chi connectivity index (χ1) is 14.4. The van der Waals surface area contributed by atoms with E-state index in [0.29, 0.717) is 17.1 Å². The van der Waals surface area contributed by atoms with Crippen LogP contribution in [0.4, 0.5) is 5.82 Å². The summed E-state index contributed by atoms with van der Waals surface area (Å²) in [6, 6.07) is 6.64. The van der Waals surface area contributed by atoms with E-state index in [2.05, 4.69) is 10.5 Å². The summed E-state index contributed by atoms with van der Waals surface area (Å²) in [6.07, 6.45) is 1.47. The van der Waals surface area contributed by atoms with Crippen LogP contribution >= 0.6 is 0 Å². The molecule has 0 bridgehead atoms. The lowest BCUT2D eigenvalue weighted by atomic mass is 10.1. The zero-order chi connectivity index (χ0) is 21.3. The zero-order valence-corrected chi connectivity index (χ0v) is 16.5. The molecule has 0 fully saturated rings. The van der Waals surface area contributed by atoms with Crippen molar-refractivity contribution in [3.8, 4) is 5.75 Å². The molecule has 9 nitrogen and oxygen atoms in total. The van der Waals surface area contributed by atoms with Gasteiger partial charge >= 0.3 is 11.6 Å². The predicted molar refractivity (Wildman–Crippen MR) is 105 cm³/mol. The van der Waals surface area contributed by atoms with E-state index in [1.165, 1.54) is 6.92 Å². The fourth-order valence-electron chi connectivity index (χ4n) is 3.43. The van der Waals surface area contributed by atoms with Crippen molar-refractivity contribution in [2.75, 3.05) is 11.9 Å². The molecule has 9 heteroatoms. The number of nitrogens with one attached hydrogen (secondary N) is 1. The Labute approximate surface area is 170 Å². The Hall–Kier alpha value is -3.62. The molecular formula is C21H20N2O7. The van der Waals surface area contributed by atoms with E-state index in [9.17, 15) is 14.4 Å². The summed E-state index contributed by atoms with van der Waals surface area (Å²) >= 11 is 0. The van der Waals surface area contributed by atoms with Crippen LogP contribution in [-0.4, -0.2) is 29.7 Å². The molecule has 2 aromatic heterocycles. The number of benzene rings is 1. The average molecular weight is 412 g/mol. The molecule has 0 saturated heterocycles. The van der Waals surface area contributed by atoms with Gasteiger partial charge in [-0.2, -0.15) is 0 Å². The highest BCUT2D eigenvalue weighted by molar-refractivity contribution is 5.94. The van der Waals surface area contributed by atoms with E-state index in [-0.39, 0.29) is 11.4 Å². The van der Waals surface area contributed by atoms with Crippen LogP contribution in [0.25, 0.3) is 11.0 Å². The Morgan fingerprint density at radius 3 is 2.80 bits per heavy atom. The number of amides is 1. The summed E-state index contributed by atoms with van der Waals surface area (Å²) in [5.74, 6) is -0.126. The number of nitrogens with zero attached hydrogens (tertiary/aromatic N) is 1. The van der Waals surface area contributed by atoms with E-state index in [4.69, 9.17) is 18.4 Å². The standard InChI is InChI=1S/C21H20N2O7/c1-11-8-18(23-30-11)22-20(25)12(2)28-19(24)10-27-13-6-7-15-14-4-3-5-16(14)21(26)29-17(15)9-13/h6-9,12H,3-5,10H2,1-2H3,(H,22,23,25)/t12-/m1/s1. The summed E-state index contributed by atoms with van der Waals surface area (Å²) in [6.45, 7) is 2.72. The van der Waals surface area contributed by atoms with Gasteiger partial charge in [-0.05, 0) is 50.8 Å². The average Bonchev–Trinajstić information content (AvgIpc) is 3.36. The van der Waals surface area contributed by atoms with Crippen LogP contribution in [0.5, 0.6) is 5.75 Å². The minimum Gasteiger partial charge on any atom is -0.482 e. The number of esters is 1. The lowest BCUT2D eigenvalue weighted by Gasteiger charge is -2.13. The van der Waals surface area contributed by atoms with Gasteiger partial charge in [0.25, 0.3) is 5.91 Å². The van der Waals surface area contributed by atoms with E-state index in [1.807, 2.05) is 6.07 Å². The number of anilines is 1. The van der Waals surface area contributed by atoms with Crippen molar-refractivity contribution in [1.29, 1.82) is 0 Å². The number of hydrogen-bond donors (Lipinski definition) is 1. The molecule has 1 N–H and O–H groups in total. The van der Waals surface area contributed by atoms with Crippen LogP contribution < -0.4 is 15.7 Å². The third-order valence-corrected chi connectivity index (χ3v) is 4.86. The second-order valence-corrected chi connectivity index (χ2v) is 7.09. The van der Waals surface area contributed by atoms with Crippen LogP contribution in [0.3, 0.4) is 0 Å². The van der Waals surface area contributed by atoms with Gasteiger partial charge in [0.15, 0.2) is 18.5 Å². The van der Waals surface area contributed by atoms with E-state index < -0.39 is 24.6 Å². The molecule has 3 aromatic rings. The molecular weight excluding hydrogens is 392 g/mol. The van der Waals surface area contributed by atoms with Gasteiger partial charge < -0.3 is 23.7 Å². The maximum absolute atomic E-state index is 12.1. The van der Waals surface area contributed by atoms with Gasteiger partial charge in [-0.15, -0.1) is 0 Å². The number of aryl methyl sites for hydroxylation is 2. The molecule has 1 aliphatic carbocycles. The summed E-state index contributed by atoms with van der Waals surface area (Å²) in [4.78, 5) is 36.2. The number of fused-ring (bicyclic) bond motifs is 3. The lowest BCUT2D eigenvalue weighted by molar-refractivity contribution is -0.155. The van der Waals surface area contributed by atoms with Crippen molar-refractivity contribution >= 4 is 28.7 Å². The van der Waals surface area contributed by atoms with Gasteiger partial charge in [0.1, 0.15) is 17.1 Å². The van der Waals surface area contributed by atoms with Crippen molar-refractivity contribution < 1.29 is 28.0 Å². The van der Waals surface area contributed by atoms with Crippen molar-refractivity contribution in [3.63, 3.8) is 0 Å². The monoisotopic (exact) mass is 412 g/mol. The quantitative estimate of drug-likeness (QED) is 0.484. The SMILES string of the molecule is Cc1cc(NC(=O)[C@@H](C)OC(=O)COc2ccc3c4c(c(=O)oc3c2)CCC4)no1. The molecule has 1 aromatic carbocycles. The van der Waals surface area contributed by atoms with E-state index in [1.54, 1.807) is 25.1 Å². The number of carbonyl (C=O) groups excluding carboxylic acids is 2. The van der Waals surface area contributed by atoms with Crippen LogP contribution in [-0.2, 0) is 27.2 Å². The van der Waals surface area contributed by atoms with Gasteiger partial charge in [0, 0.05) is 23.1 Å². The van der Waals surface area contributed by atoms with Gasteiger partial charge in [0.2, 0.25) is 0 Å². The summed E-state index contributed by atoms with van der Waals surface area (Å²) in [5.41, 5.74) is 1.86. The fraction of sp³-hybridized carbons (Fsp3) is 0.333. The number of carbonyl (C=O) groups is 2. The largest absolute Gasteiger partial charge is 0.482 e. The van der Waals surface area contributed by atoms with Crippen molar-refractivity contribution in [3.05, 3.63) is 51.6 Å². The first-order valence-electron chi connectivity index (χ1n) is 9.56. The fourth-order valence-corrected chi connectivity index (χ4v) is 3.43. The van der Waals surface area contributed by atoms with Crippen molar-refractivity contribution in [2.24, 2.45) is 0 Å². The molecule has 0 radical (unpaired) electrons. The van der Waals surface area contributed by atoms with E-state index in [0.717, 1.165) is 35.8 Å². The topological polar surface area (TPSA) is 121 Å². The Morgan fingerprint density at radius 1 is 1.23 bits per heavy atom. The molecule has 4 rings (SSSR count). The minimum absolute atomic E-state index is 0.237. The predicted octanol–water partition coefficient (Wildman–Crippen LogP) is 2.53. The molecule has 1 amide bonds. The Bertz CT molecular complexity index is 1180. The molecule has 0 unspecified atom stereocenters. The smallest absolute Gasteiger partial charge is 0.344 e. The summed E-state index contributed by atoms with van der Waals surface area (Å²) in [7, 11) is 0. The highest BCUT2D eigenvalue weighted by Gasteiger charge is 2.21. The van der Waals surface area contributed by atoms with Gasteiger partial charge in [0.05, 0.1) is 0 Å². The van der Waals surface area contributed by atoms with Crippen LogP contribution in [0.2, 0.25) is 0 Å². The van der Waals surface area contributed by atoms with Crippen LogP contribution in [0.1, 0.15) is 30.2 Å². The molecule has 1 atom stereocenters. The molecule has 0 aliphatic heterocycles. The normalized spacial score (nSPS) is 13.7. The number of aromatic nitrogens is 1. The van der Waals surface area contributed by atoms with Gasteiger partial charge in [-0.1, -0.05) is 5.16 Å². The third-order valence-electron chi connectivity index (χ3n) is 4.86. The lowest BCUT2D eigenvalue weighted by Crippen LogP contribution is -2.31. The molecule has 0 spiro atoms. The summed E-state index contributed by atoms with van der Waals surface area (Å²) in [5, 5.41) is 7.01. The molecule has 2 heterocycles. The highest BCUT2D eigenvalue weighted by Crippen LogP contribution is 2.29. The molecule has 1 aliphatic rings. The Kier molecular flexibility index (Phi) is 5.26. The number of rotatable bonds is 6. The maximum atomic E-state index is 12.1. The second-order valence-electron chi connectivity index (χ2n) is 7.09. The first-order valence-corrected chi connectivity index (χ1v) is 9.56. The highest BCUT2D eigenvalue weighted by atomic mass is 16.6. The van der Waals surface area contributed by atoms with Crippen LogP contribution in [0, 0.1) is 6.92 Å². The molecule has 30 heavy (non-hydrogen) atoms. The number of hydrogen-bond acceptors (Lipinski definition) is 8. The second kappa shape index (κ2) is 8.02. The number of ether oxygens (including phenoxy) is 2. The zero-order valence-electron chi connectivity index (χ0n) is 16.5. The minimum atomic E-state index is -1.05. The van der Waals surface area contributed by atoms with Gasteiger partial charge in [-0.25, -0.2) is 9.59 Å². The summed E-state index contributed by atoms with van der Waals surface area (Å²) < 4.78 is 20.8. The van der Waals surface area contributed by atoms with Crippen molar-refractivity contribution in [2.45, 2.75) is 39.2 Å². The van der Waals surface area contributed by atoms with Crippen molar-refractivity contribution in [1.82, 2.24) is 5.16 Å². The Morgan fingerprint density at radius 2 is 2.03 bits per heavy atom. The van der Waals surface area contributed by atoms with Crippen LogP contribution in [0.15, 0.2) is 38.0 Å². The molecule has 0 saturated carbocycles. The molecule has 156 valence electrons. The maximum Gasteiger partial charge on any atom is 0.344 e. The first kappa shape index (κ1) is 19.7. The Balaban J connectivity index is 1.35.